The zero-order chi connectivity index (χ0) is 23.8. The third kappa shape index (κ3) is 6.90. The zero-order valence-electron chi connectivity index (χ0n) is 19.5. The fourth-order valence-electron chi connectivity index (χ4n) is 3.64. The number of carbonyl (C=O) groups excluding carboxylic acids is 1. The minimum atomic E-state index is -3.44. The van der Waals surface area contributed by atoms with Gasteiger partial charge in [0, 0.05) is 44.8 Å². The van der Waals surface area contributed by atoms with Crippen molar-refractivity contribution in [3.05, 3.63) is 66.4 Å². The van der Waals surface area contributed by atoms with Gasteiger partial charge in [0.25, 0.3) is 0 Å². The second kappa shape index (κ2) is 11.4. The number of aromatic nitrogens is 1. The fraction of sp³-hybridized carbons (Fsp3) is 0.400. The molecular weight excluding hydrogens is 438 g/mol. The number of sulfonamides is 1. The van der Waals surface area contributed by atoms with Crippen molar-refractivity contribution in [3.8, 4) is 0 Å². The molecule has 8 heteroatoms. The first kappa shape index (κ1) is 25.0. The van der Waals surface area contributed by atoms with Crippen LogP contribution in [0.1, 0.15) is 26.3 Å². The van der Waals surface area contributed by atoms with Crippen molar-refractivity contribution in [3.63, 3.8) is 0 Å². The zero-order valence-corrected chi connectivity index (χ0v) is 20.3. The molecule has 0 spiro atoms. The third-order valence-electron chi connectivity index (χ3n) is 5.31. The van der Waals surface area contributed by atoms with Crippen LogP contribution < -0.4 is 5.32 Å². The summed E-state index contributed by atoms with van der Waals surface area (Å²) in [7, 11) is -3.44. The lowest BCUT2D eigenvalue weighted by molar-refractivity contribution is -0.119. The number of nitrogens with one attached hydrogen (secondary N) is 1. The van der Waals surface area contributed by atoms with Crippen LogP contribution in [0.2, 0.25) is 0 Å². The van der Waals surface area contributed by atoms with Crippen molar-refractivity contribution in [1.29, 1.82) is 0 Å². The van der Waals surface area contributed by atoms with E-state index in [1.165, 1.54) is 22.1 Å². The van der Waals surface area contributed by atoms with Gasteiger partial charge in [-0.2, -0.15) is 4.31 Å². The highest BCUT2D eigenvalue weighted by Gasteiger charge is 2.25. The minimum Gasteiger partial charge on any atom is -0.379 e. The Kier molecular flexibility index (Phi) is 8.66. The highest BCUT2D eigenvalue weighted by Crippen LogP contribution is 2.18. The van der Waals surface area contributed by atoms with Gasteiger partial charge in [0.2, 0.25) is 15.9 Å². The maximum Gasteiger partial charge on any atom is 0.243 e. The second-order valence-electron chi connectivity index (χ2n) is 8.49. The van der Waals surface area contributed by atoms with Crippen molar-refractivity contribution in [1.82, 2.24) is 14.2 Å². The molecule has 2 aromatic carbocycles. The maximum absolute atomic E-state index is 12.4. The van der Waals surface area contributed by atoms with E-state index < -0.39 is 10.0 Å². The number of hydrogen-bond acceptors (Lipinski definition) is 4. The van der Waals surface area contributed by atoms with Gasteiger partial charge in [-0.1, -0.05) is 44.2 Å². The molecule has 1 aromatic heterocycles. The largest absolute Gasteiger partial charge is 0.379 e. The lowest BCUT2D eigenvalue weighted by Crippen LogP contribution is -2.40. The lowest BCUT2D eigenvalue weighted by atomic mass is 10.2. The first-order chi connectivity index (χ1) is 15.8. The number of carbonyl (C=O) groups is 1. The smallest absolute Gasteiger partial charge is 0.243 e. The Morgan fingerprint density at radius 2 is 1.70 bits per heavy atom. The predicted molar refractivity (Wildman–Crippen MR) is 130 cm³/mol. The van der Waals surface area contributed by atoms with Crippen LogP contribution in [-0.4, -0.2) is 49.5 Å². The summed E-state index contributed by atoms with van der Waals surface area (Å²) in [5, 5.41) is 4.00. The van der Waals surface area contributed by atoms with Crippen molar-refractivity contribution >= 4 is 26.8 Å². The molecule has 1 N–H and O–H groups in total. The van der Waals surface area contributed by atoms with Crippen LogP contribution in [0.3, 0.4) is 0 Å². The number of nitrogens with zero attached hydrogens (tertiary/aromatic N) is 2. The summed E-state index contributed by atoms with van der Waals surface area (Å²) in [6.45, 7) is 9.06. The van der Waals surface area contributed by atoms with Crippen LogP contribution in [0, 0.1) is 5.92 Å². The molecule has 0 atom stereocenters. The Hall–Kier alpha value is -2.68. The first-order valence-electron chi connectivity index (χ1n) is 11.2. The molecule has 1 amide bonds. The van der Waals surface area contributed by atoms with Gasteiger partial charge in [0.1, 0.15) is 0 Å². The van der Waals surface area contributed by atoms with E-state index in [9.17, 15) is 13.2 Å². The molecule has 4 rings (SSSR count). The summed E-state index contributed by atoms with van der Waals surface area (Å²) in [6, 6.07) is 17.3. The topological polar surface area (TPSA) is 80.6 Å². The van der Waals surface area contributed by atoms with Crippen LogP contribution in [0.25, 0.3) is 10.9 Å². The lowest BCUT2D eigenvalue weighted by Gasteiger charge is -2.26. The molecule has 7 nitrogen and oxygen atoms in total. The summed E-state index contributed by atoms with van der Waals surface area (Å²) in [6.07, 6.45) is 2.17. The Morgan fingerprint density at radius 3 is 2.33 bits per heavy atom. The molecule has 33 heavy (non-hydrogen) atoms. The second-order valence-corrected chi connectivity index (χ2v) is 10.4. The van der Waals surface area contributed by atoms with Gasteiger partial charge < -0.3 is 14.6 Å². The van der Waals surface area contributed by atoms with Crippen LogP contribution in [0.15, 0.2) is 65.7 Å². The summed E-state index contributed by atoms with van der Waals surface area (Å²) in [5.41, 5.74) is 2.21. The van der Waals surface area contributed by atoms with Gasteiger partial charge in [-0.3, -0.25) is 4.79 Å². The average Bonchev–Trinajstić information content (AvgIpc) is 3.21. The van der Waals surface area contributed by atoms with E-state index >= 15 is 0 Å². The molecule has 2 heterocycles. The number of hydrogen-bond donors (Lipinski definition) is 1. The van der Waals surface area contributed by atoms with Gasteiger partial charge in [0.15, 0.2) is 0 Å². The Morgan fingerprint density at radius 1 is 1.03 bits per heavy atom. The van der Waals surface area contributed by atoms with Gasteiger partial charge in [-0.25, -0.2) is 8.42 Å². The summed E-state index contributed by atoms with van der Waals surface area (Å²) < 4.78 is 33.6. The highest BCUT2D eigenvalue weighted by molar-refractivity contribution is 7.89. The number of ether oxygens (including phenoxy) is 1. The monoisotopic (exact) mass is 471 g/mol. The molecule has 3 aromatic rings. The summed E-state index contributed by atoms with van der Waals surface area (Å²) in [5.74, 6) is 0.589. The molecule has 0 unspecified atom stereocenters. The van der Waals surface area contributed by atoms with Gasteiger partial charge >= 0.3 is 0 Å². The van der Waals surface area contributed by atoms with Crippen LogP contribution in [-0.2, 0) is 32.6 Å². The Labute approximate surface area is 196 Å². The van der Waals surface area contributed by atoms with Crippen LogP contribution >= 0.6 is 0 Å². The Balaban J connectivity index is 0.000000203. The molecular formula is C25H33N3O4S. The molecule has 1 saturated heterocycles. The van der Waals surface area contributed by atoms with Crippen molar-refractivity contribution in [2.24, 2.45) is 5.92 Å². The highest BCUT2D eigenvalue weighted by atomic mass is 32.2. The molecule has 1 fully saturated rings. The molecule has 0 aliphatic carbocycles. The van der Waals surface area contributed by atoms with E-state index in [0.717, 1.165) is 12.1 Å². The number of rotatable bonds is 6. The summed E-state index contributed by atoms with van der Waals surface area (Å²) in [4.78, 5) is 11.1. The molecule has 1 aliphatic heterocycles. The SMILES string of the molecule is CC(=O)NCc1ccc(S(=O)(=O)N2CCOCC2)cc1.CC(C)Cn1ccc2ccccc21. The van der Waals surface area contributed by atoms with Gasteiger partial charge in [0.05, 0.1) is 18.1 Å². The van der Waals surface area contributed by atoms with Crippen molar-refractivity contribution in [2.75, 3.05) is 26.3 Å². The van der Waals surface area contributed by atoms with E-state index in [1.54, 1.807) is 24.3 Å². The molecule has 0 radical (unpaired) electrons. The summed E-state index contributed by atoms with van der Waals surface area (Å²) >= 11 is 0. The van der Waals surface area contributed by atoms with Crippen LogP contribution in [0.4, 0.5) is 0 Å². The maximum atomic E-state index is 12.4. The molecule has 0 bridgehead atoms. The van der Waals surface area contributed by atoms with E-state index in [2.05, 4.69) is 60.3 Å². The molecule has 178 valence electrons. The van der Waals surface area contributed by atoms with Gasteiger partial charge in [-0.15, -0.1) is 0 Å². The van der Waals surface area contributed by atoms with Crippen LogP contribution in [0.5, 0.6) is 0 Å². The average molecular weight is 472 g/mol. The molecule has 0 saturated carbocycles. The van der Waals surface area contributed by atoms with Gasteiger partial charge in [-0.05, 0) is 41.1 Å². The van der Waals surface area contributed by atoms with E-state index in [1.807, 2.05) is 0 Å². The number of para-hydroxylation sites is 1. The Bertz CT molecular complexity index is 1150. The molecule has 1 aliphatic rings. The van der Waals surface area contributed by atoms with E-state index in [0.29, 0.717) is 38.8 Å². The number of morpholine rings is 1. The number of amides is 1. The minimum absolute atomic E-state index is 0.116. The van der Waals surface area contributed by atoms with E-state index in [-0.39, 0.29) is 10.8 Å². The predicted octanol–water partition coefficient (Wildman–Crippen LogP) is 3.64. The third-order valence-corrected chi connectivity index (χ3v) is 7.23. The van der Waals surface area contributed by atoms with Crippen molar-refractivity contribution < 1.29 is 17.9 Å². The van der Waals surface area contributed by atoms with Crippen molar-refractivity contribution in [2.45, 2.75) is 38.8 Å². The number of fused-ring (bicyclic) bond motifs is 1. The normalized spacial score (nSPS) is 14.7. The van der Waals surface area contributed by atoms with E-state index in [4.69, 9.17) is 4.74 Å². The fourth-order valence-corrected chi connectivity index (χ4v) is 5.04. The first-order valence-corrected chi connectivity index (χ1v) is 12.7. The standard InChI is InChI=1S/C13H18N2O4S.C12H15N/c1-11(16)14-10-12-2-4-13(5-3-12)20(17,18)15-6-8-19-9-7-15;1-10(2)9-13-8-7-11-5-3-4-6-12(11)13/h2-5H,6-10H2,1H3,(H,14,16);3-8,10H,9H2,1-2H3. The quantitative estimate of drug-likeness (QED) is 0.595. The number of benzene rings is 2.